The van der Waals surface area contributed by atoms with Crippen LogP contribution in [0.3, 0.4) is 0 Å². The second-order valence-electron chi connectivity index (χ2n) is 6.21. The molecule has 5 heteroatoms. The molecule has 0 bridgehead atoms. The molecular formula is C16H23NO3S. The largest absolute Gasteiger partial charge is 0.371 e. The summed E-state index contributed by atoms with van der Waals surface area (Å²) in [6.07, 6.45) is 2.21. The van der Waals surface area contributed by atoms with E-state index in [1.54, 1.807) is 0 Å². The summed E-state index contributed by atoms with van der Waals surface area (Å²) in [5, 5.41) is 0. The summed E-state index contributed by atoms with van der Waals surface area (Å²) in [6.45, 7) is 4.21. The third-order valence-electron chi connectivity index (χ3n) is 4.52. The minimum Gasteiger partial charge on any atom is -0.371 e. The van der Waals surface area contributed by atoms with Gasteiger partial charge < -0.3 is 4.74 Å². The summed E-state index contributed by atoms with van der Waals surface area (Å²) >= 11 is 0. The van der Waals surface area contributed by atoms with Crippen molar-refractivity contribution < 1.29 is 13.2 Å². The van der Waals surface area contributed by atoms with E-state index in [-0.39, 0.29) is 23.7 Å². The van der Waals surface area contributed by atoms with Gasteiger partial charge in [-0.1, -0.05) is 30.3 Å². The molecule has 2 unspecified atom stereocenters. The van der Waals surface area contributed by atoms with Crippen LogP contribution >= 0.6 is 0 Å². The van der Waals surface area contributed by atoms with Crippen molar-refractivity contribution in [3.8, 4) is 0 Å². The SMILES string of the molecule is CC1C(OC2CS(=O)(=O)C2)CCCN1Cc1ccccc1. The van der Waals surface area contributed by atoms with E-state index >= 15 is 0 Å². The standard InChI is InChI=1S/C16H23NO3S/c1-13-16(20-15-11-21(18,19)12-15)8-5-9-17(13)10-14-6-3-2-4-7-14/h2-4,6-7,13,15-16H,5,8-12H2,1H3. The Balaban J connectivity index is 1.57. The van der Waals surface area contributed by atoms with Gasteiger partial charge in [0.1, 0.15) is 0 Å². The Kier molecular flexibility index (Phi) is 4.33. The highest BCUT2D eigenvalue weighted by Crippen LogP contribution is 2.26. The van der Waals surface area contributed by atoms with E-state index in [4.69, 9.17) is 4.74 Å². The van der Waals surface area contributed by atoms with Gasteiger partial charge in [-0.25, -0.2) is 8.42 Å². The molecule has 0 amide bonds. The number of sulfone groups is 1. The van der Waals surface area contributed by atoms with Crippen molar-refractivity contribution in [2.24, 2.45) is 0 Å². The normalized spacial score (nSPS) is 30.0. The number of benzene rings is 1. The van der Waals surface area contributed by atoms with Crippen LogP contribution in [0.1, 0.15) is 25.3 Å². The van der Waals surface area contributed by atoms with Crippen molar-refractivity contribution in [1.82, 2.24) is 4.90 Å². The van der Waals surface area contributed by atoms with E-state index < -0.39 is 9.84 Å². The second-order valence-corrected chi connectivity index (χ2v) is 8.37. The fraction of sp³-hybridized carbons (Fsp3) is 0.625. The van der Waals surface area contributed by atoms with Gasteiger partial charge in [0.25, 0.3) is 0 Å². The molecule has 0 radical (unpaired) electrons. The van der Waals surface area contributed by atoms with Gasteiger partial charge >= 0.3 is 0 Å². The topological polar surface area (TPSA) is 46.6 Å². The Morgan fingerprint density at radius 3 is 2.62 bits per heavy atom. The molecule has 0 aliphatic carbocycles. The third-order valence-corrected chi connectivity index (χ3v) is 6.28. The van der Waals surface area contributed by atoms with Gasteiger partial charge in [-0.15, -0.1) is 0 Å². The average molecular weight is 309 g/mol. The Hall–Kier alpha value is -0.910. The van der Waals surface area contributed by atoms with E-state index in [1.165, 1.54) is 5.56 Å². The maximum absolute atomic E-state index is 11.2. The van der Waals surface area contributed by atoms with Crippen LogP contribution in [-0.2, 0) is 21.1 Å². The molecule has 116 valence electrons. The van der Waals surface area contributed by atoms with Crippen LogP contribution in [-0.4, -0.2) is 49.6 Å². The summed E-state index contributed by atoms with van der Waals surface area (Å²) < 4.78 is 28.5. The lowest BCUT2D eigenvalue weighted by Gasteiger charge is -2.42. The zero-order valence-electron chi connectivity index (χ0n) is 12.4. The van der Waals surface area contributed by atoms with E-state index in [1.807, 2.05) is 6.07 Å². The van der Waals surface area contributed by atoms with Crippen LogP contribution in [0.4, 0.5) is 0 Å². The quantitative estimate of drug-likeness (QED) is 0.851. The molecule has 1 aromatic rings. The van der Waals surface area contributed by atoms with Crippen molar-refractivity contribution in [3.05, 3.63) is 35.9 Å². The van der Waals surface area contributed by atoms with Crippen molar-refractivity contribution >= 4 is 9.84 Å². The molecule has 2 fully saturated rings. The lowest BCUT2D eigenvalue weighted by Crippen LogP contribution is -2.52. The van der Waals surface area contributed by atoms with Gasteiger partial charge in [-0.2, -0.15) is 0 Å². The molecule has 21 heavy (non-hydrogen) atoms. The zero-order valence-corrected chi connectivity index (χ0v) is 13.3. The van der Waals surface area contributed by atoms with Crippen molar-refractivity contribution in [2.75, 3.05) is 18.1 Å². The smallest absolute Gasteiger partial charge is 0.155 e. The average Bonchev–Trinajstić information content (AvgIpc) is 2.42. The van der Waals surface area contributed by atoms with E-state index in [2.05, 4.69) is 36.1 Å². The summed E-state index contributed by atoms with van der Waals surface area (Å²) in [7, 11) is -2.80. The lowest BCUT2D eigenvalue weighted by molar-refractivity contribution is -0.0677. The number of hydrogen-bond acceptors (Lipinski definition) is 4. The summed E-state index contributed by atoms with van der Waals surface area (Å²) in [4.78, 5) is 2.44. The first-order valence-corrected chi connectivity index (χ1v) is 9.49. The number of likely N-dealkylation sites (tertiary alicyclic amines) is 1. The van der Waals surface area contributed by atoms with Crippen LogP contribution in [0.15, 0.2) is 30.3 Å². The molecule has 3 rings (SSSR count). The fourth-order valence-corrected chi connectivity index (χ4v) is 4.43. The fourth-order valence-electron chi connectivity index (χ4n) is 3.24. The van der Waals surface area contributed by atoms with Crippen molar-refractivity contribution in [3.63, 3.8) is 0 Å². The zero-order chi connectivity index (χ0) is 14.9. The maximum atomic E-state index is 11.2. The highest BCUT2D eigenvalue weighted by atomic mass is 32.2. The van der Waals surface area contributed by atoms with E-state index in [9.17, 15) is 8.42 Å². The highest BCUT2D eigenvalue weighted by Gasteiger charge is 2.38. The first-order chi connectivity index (χ1) is 10.0. The number of piperidine rings is 1. The number of hydrogen-bond donors (Lipinski definition) is 0. The van der Waals surface area contributed by atoms with Gasteiger partial charge in [0.15, 0.2) is 9.84 Å². The minimum atomic E-state index is -2.80. The maximum Gasteiger partial charge on any atom is 0.155 e. The molecule has 0 N–H and O–H groups in total. The van der Waals surface area contributed by atoms with Gasteiger partial charge in [0, 0.05) is 12.6 Å². The molecule has 2 heterocycles. The first-order valence-electron chi connectivity index (χ1n) is 7.67. The molecule has 2 atom stereocenters. The van der Waals surface area contributed by atoms with Gasteiger partial charge in [-0.05, 0) is 31.9 Å². The van der Waals surface area contributed by atoms with Crippen LogP contribution in [0.2, 0.25) is 0 Å². The monoisotopic (exact) mass is 309 g/mol. The van der Waals surface area contributed by atoms with E-state index in [0.29, 0.717) is 6.04 Å². The Bertz CT molecular complexity index is 560. The summed E-state index contributed by atoms with van der Waals surface area (Å²) in [5.41, 5.74) is 1.32. The minimum absolute atomic E-state index is 0.0841. The van der Waals surface area contributed by atoms with Gasteiger partial charge in [0.2, 0.25) is 0 Å². The van der Waals surface area contributed by atoms with Crippen LogP contribution in [0.25, 0.3) is 0 Å². The number of rotatable bonds is 4. The lowest BCUT2D eigenvalue weighted by atomic mass is 9.99. The third kappa shape index (κ3) is 3.65. The van der Waals surface area contributed by atoms with Crippen LogP contribution in [0.5, 0.6) is 0 Å². The molecule has 2 aliphatic heterocycles. The predicted molar refractivity (Wildman–Crippen MR) is 82.9 cm³/mol. The molecule has 4 nitrogen and oxygen atoms in total. The molecule has 0 saturated carbocycles. The Morgan fingerprint density at radius 2 is 1.95 bits per heavy atom. The molecular weight excluding hydrogens is 286 g/mol. The molecule has 2 aliphatic rings. The Morgan fingerprint density at radius 1 is 1.24 bits per heavy atom. The van der Waals surface area contributed by atoms with Crippen LogP contribution < -0.4 is 0 Å². The summed E-state index contributed by atoms with van der Waals surface area (Å²) in [5.74, 6) is 0.407. The predicted octanol–water partition coefficient (Wildman–Crippen LogP) is 1.85. The van der Waals surface area contributed by atoms with Crippen molar-refractivity contribution in [2.45, 2.75) is 44.6 Å². The first kappa shape index (κ1) is 15.0. The van der Waals surface area contributed by atoms with Crippen molar-refractivity contribution in [1.29, 1.82) is 0 Å². The second kappa shape index (κ2) is 6.07. The summed E-state index contributed by atoms with van der Waals surface area (Å²) in [6, 6.07) is 10.8. The van der Waals surface area contributed by atoms with Gasteiger partial charge in [0.05, 0.1) is 23.7 Å². The molecule has 0 aromatic heterocycles. The Labute approximate surface area is 127 Å². The van der Waals surface area contributed by atoms with Crippen LogP contribution in [0, 0.1) is 0 Å². The number of nitrogens with zero attached hydrogens (tertiary/aromatic N) is 1. The molecule has 2 saturated heterocycles. The van der Waals surface area contributed by atoms with Gasteiger partial charge in [-0.3, -0.25) is 4.90 Å². The number of ether oxygens (including phenoxy) is 1. The molecule has 0 spiro atoms. The van der Waals surface area contributed by atoms with E-state index in [0.717, 1.165) is 25.9 Å². The highest BCUT2D eigenvalue weighted by molar-refractivity contribution is 7.92. The molecule has 1 aromatic carbocycles.